The minimum Gasteiger partial charge on any atom is -0.473 e. The minimum atomic E-state index is -0.296. The van der Waals surface area contributed by atoms with Crippen LogP contribution in [-0.4, -0.2) is 25.0 Å². The number of ether oxygens (including phenoxy) is 2. The highest BCUT2D eigenvalue weighted by atomic mass is 32.1. The molecule has 0 aromatic heterocycles. The van der Waals surface area contributed by atoms with Gasteiger partial charge in [-0.2, -0.15) is 0 Å². The fourth-order valence-electron chi connectivity index (χ4n) is 2.77. The fraction of sp³-hybridized carbons (Fsp3) is 0.750. The zero-order valence-corrected chi connectivity index (χ0v) is 14.5. The summed E-state index contributed by atoms with van der Waals surface area (Å²) in [7, 11) is 1.71. The average Bonchev–Trinajstić information content (AvgIpc) is 3.00. The van der Waals surface area contributed by atoms with Gasteiger partial charge in [0.15, 0.2) is 5.72 Å². The molecule has 4 atom stereocenters. The predicted molar refractivity (Wildman–Crippen MR) is 85.6 cm³/mol. The van der Waals surface area contributed by atoms with Crippen molar-refractivity contribution >= 4 is 12.6 Å². The number of rotatable bonds is 2. The Morgan fingerprint density at radius 1 is 1.45 bits per heavy atom. The Morgan fingerprint density at radius 3 is 2.55 bits per heavy atom. The van der Waals surface area contributed by atoms with Crippen molar-refractivity contribution in [3.8, 4) is 0 Å². The van der Waals surface area contributed by atoms with Crippen LogP contribution in [0.3, 0.4) is 0 Å². The van der Waals surface area contributed by atoms with Crippen LogP contribution in [0.1, 0.15) is 41.5 Å². The Kier molecular flexibility index (Phi) is 4.04. The van der Waals surface area contributed by atoms with Crippen LogP contribution < -0.4 is 5.32 Å². The average molecular weight is 297 g/mol. The Morgan fingerprint density at radius 2 is 2.05 bits per heavy atom. The molecule has 3 nitrogen and oxygen atoms in total. The van der Waals surface area contributed by atoms with Gasteiger partial charge in [-0.3, -0.25) is 5.32 Å². The number of hydrogen-bond donors (Lipinski definition) is 2. The molecule has 4 heteroatoms. The molecule has 0 aromatic carbocycles. The minimum absolute atomic E-state index is 0.0239. The number of nitrogens with one attached hydrogen (secondary N) is 1. The van der Waals surface area contributed by atoms with E-state index in [2.05, 4.69) is 46.0 Å². The monoisotopic (exact) mass is 297 g/mol. The van der Waals surface area contributed by atoms with E-state index in [0.717, 1.165) is 10.7 Å². The van der Waals surface area contributed by atoms with Crippen LogP contribution in [-0.2, 0) is 9.47 Å². The van der Waals surface area contributed by atoms with Gasteiger partial charge in [-0.05, 0) is 35.8 Å². The standard InChI is InChI=1S/C16H27NO2S/c1-9-13(20)11(15(3,4)5)8-12(10(2)18-7)19-16(6)14(9)17-16/h8-10,14,17,20H,1-7H3/t9?,10?,14-,16?/m0/s1. The van der Waals surface area contributed by atoms with Crippen LogP contribution in [0.4, 0.5) is 0 Å². The van der Waals surface area contributed by atoms with E-state index in [0.29, 0.717) is 12.0 Å². The molecule has 114 valence electrons. The quantitative estimate of drug-likeness (QED) is 0.605. The summed E-state index contributed by atoms with van der Waals surface area (Å²) in [6.07, 6.45) is 2.05. The molecule has 2 heterocycles. The molecular weight excluding hydrogens is 270 g/mol. The van der Waals surface area contributed by atoms with Gasteiger partial charge in [-0.25, -0.2) is 0 Å². The maximum Gasteiger partial charge on any atom is 0.174 e. The number of allylic oxidation sites excluding steroid dienone is 2. The molecule has 2 rings (SSSR count). The van der Waals surface area contributed by atoms with E-state index in [1.165, 1.54) is 5.57 Å². The van der Waals surface area contributed by atoms with Gasteiger partial charge in [0.1, 0.15) is 11.9 Å². The summed E-state index contributed by atoms with van der Waals surface area (Å²) in [6.45, 7) is 12.9. The third-order valence-electron chi connectivity index (χ3n) is 4.34. The summed E-state index contributed by atoms with van der Waals surface area (Å²) in [5, 5.41) is 3.45. The van der Waals surface area contributed by atoms with E-state index in [-0.39, 0.29) is 17.2 Å². The number of methoxy groups -OCH3 is 1. The van der Waals surface area contributed by atoms with Gasteiger partial charge in [0.25, 0.3) is 0 Å². The third-order valence-corrected chi connectivity index (χ3v) is 4.99. The molecule has 0 saturated carbocycles. The number of hydrogen-bond acceptors (Lipinski definition) is 4. The maximum absolute atomic E-state index is 6.21. The van der Waals surface area contributed by atoms with Crippen LogP contribution in [0.25, 0.3) is 0 Å². The van der Waals surface area contributed by atoms with Crippen LogP contribution in [0.15, 0.2) is 22.3 Å². The Hall–Kier alpha value is -0.450. The van der Waals surface area contributed by atoms with E-state index in [1.807, 2.05) is 6.92 Å². The lowest BCUT2D eigenvalue weighted by atomic mass is 9.82. The fourth-order valence-corrected chi connectivity index (χ4v) is 3.32. The predicted octanol–water partition coefficient (Wildman–Crippen LogP) is 3.49. The second-order valence-corrected chi connectivity index (χ2v) is 7.58. The van der Waals surface area contributed by atoms with Gasteiger partial charge in [0.2, 0.25) is 0 Å². The molecule has 3 unspecified atom stereocenters. The first kappa shape index (κ1) is 15.9. The topological polar surface area (TPSA) is 40.4 Å². The van der Waals surface area contributed by atoms with Crippen LogP contribution in [0.5, 0.6) is 0 Å². The van der Waals surface area contributed by atoms with E-state index < -0.39 is 0 Å². The van der Waals surface area contributed by atoms with Crippen molar-refractivity contribution < 1.29 is 9.47 Å². The molecule has 1 N–H and O–H groups in total. The zero-order chi connectivity index (χ0) is 15.3. The third kappa shape index (κ3) is 2.78. The first-order chi connectivity index (χ1) is 9.10. The molecule has 2 aliphatic rings. The summed E-state index contributed by atoms with van der Waals surface area (Å²) in [6, 6.07) is 0.306. The van der Waals surface area contributed by atoms with Crippen molar-refractivity contribution in [3.05, 3.63) is 22.3 Å². The van der Waals surface area contributed by atoms with Crippen molar-refractivity contribution in [1.29, 1.82) is 0 Å². The molecule has 0 aliphatic carbocycles. The molecule has 0 spiro atoms. The molecule has 1 fully saturated rings. The van der Waals surface area contributed by atoms with Gasteiger partial charge in [0.05, 0.1) is 6.04 Å². The van der Waals surface area contributed by atoms with E-state index in [1.54, 1.807) is 7.11 Å². The lowest BCUT2D eigenvalue weighted by molar-refractivity contribution is 0.0239. The van der Waals surface area contributed by atoms with Crippen LogP contribution in [0, 0.1) is 11.3 Å². The van der Waals surface area contributed by atoms with Gasteiger partial charge in [0, 0.05) is 13.0 Å². The smallest absolute Gasteiger partial charge is 0.174 e. The molecule has 1 saturated heterocycles. The van der Waals surface area contributed by atoms with Gasteiger partial charge in [-0.1, -0.05) is 27.7 Å². The highest BCUT2D eigenvalue weighted by molar-refractivity contribution is 7.84. The largest absolute Gasteiger partial charge is 0.473 e. The SMILES string of the molecule is COC(C)C1=CC(C(C)(C)C)=C(S)C(C)[C@@H]2NC2(C)O1. The van der Waals surface area contributed by atoms with Crippen molar-refractivity contribution in [2.75, 3.05) is 7.11 Å². The lowest BCUT2D eigenvalue weighted by Crippen LogP contribution is -2.28. The highest BCUT2D eigenvalue weighted by Crippen LogP contribution is 2.45. The van der Waals surface area contributed by atoms with Crippen molar-refractivity contribution in [1.82, 2.24) is 5.32 Å². The Labute approximate surface area is 128 Å². The number of thiol groups is 1. The van der Waals surface area contributed by atoms with E-state index in [4.69, 9.17) is 22.1 Å². The summed E-state index contributed by atoms with van der Waals surface area (Å²) in [5.74, 6) is 1.21. The van der Waals surface area contributed by atoms with Gasteiger partial charge in [-0.15, -0.1) is 12.6 Å². The second-order valence-electron chi connectivity index (χ2n) is 7.09. The van der Waals surface area contributed by atoms with Gasteiger partial charge >= 0.3 is 0 Å². The van der Waals surface area contributed by atoms with E-state index >= 15 is 0 Å². The van der Waals surface area contributed by atoms with E-state index in [9.17, 15) is 0 Å². The molecular formula is C16H27NO2S. The summed E-state index contributed by atoms with van der Waals surface area (Å²) >= 11 is 4.82. The molecule has 0 bridgehead atoms. The maximum atomic E-state index is 6.21. The summed E-state index contributed by atoms with van der Waals surface area (Å²) < 4.78 is 11.7. The molecule has 2 aliphatic heterocycles. The van der Waals surface area contributed by atoms with Gasteiger partial charge < -0.3 is 9.47 Å². The molecule has 20 heavy (non-hydrogen) atoms. The zero-order valence-electron chi connectivity index (χ0n) is 13.6. The molecule has 0 radical (unpaired) electrons. The normalized spacial score (nSPS) is 35.5. The Bertz CT molecular complexity index is 464. The highest BCUT2D eigenvalue weighted by Gasteiger charge is 2.57. The Balaban J connectivity index is 2.51. The van der Waals surface area contributed by atoms with Crippen LogP contribution >= 0.6 is 12.6 Å². The first-order valence-electron chi connectivity index (χ1n) is 7.25. The lowest BCUT2D eigenvalue weighted by Gasteiger charge is -2.30. The first-order valence-corrected chi connectivity index (χ1v) is 7.69. The molecule has 0 aromatic rings. The van der Waals surface area contributed by atoms with Crippen molar-refractivity contribution in [3.63, 3.8) is 0 Å². The number of fused-ring (bicyclic) bond motifs is 1. The molecule has 0 amide bonds. The van der Waals surface area contributed by atoms with Crippen LogP contribution in [0.2, 0.25) is 0 Å². The summed E-state index contributed by atoms with van der Waals surface area (Å²) in [4.78, 5) is 1.14. The van der Waals surface area contributed by atoms with Crippen molar-refractivity contribution in [2.24, 2.45) is 11.3 Å². The summed E-state index contributed by atoms with van der Waals surface area (Å²) in [5.41, 5.74) is 0.953. The van der Waals surface area contributed by atoms with Crippen molar-refractivity contribution in [2.45, 2.75) is 59.4 Å². The second kappa shape index (κ2) is 5.08.